The zero-order valence-electron chi connectivity index (χ0n) is 6.19. The molecule has 0 unspecified atom stereocenters. The van der Waals surface area contributed by atoms with Crippen molar-refractivity contribution >= 4 is 0 Å². The molecule has 0 aromatic carbocycles. The maximum Gasteiger partial charge on any atom is 0.403 e. The Morgan fingerprint density at radius 2 is 1.73 bits per heavy atom. The average Bonchev–Trinajstić information content (AvgIpc) is 1.86. The van der Waals surface area contributed by atoms with Gasteiger partial charge >= 0.3 is 6.18 Å². The Bertz CT molecular complexity index is 102. The molecule has 0 amide bonds. The van der Waals surface area contributed by atoms with E-state index in [9.17, 15) is 13.2 Å². The van der Waals surface area contributed by atoms with Crippen LogP contribution in [0.5, 0.6) is 0 Å². The van der Waals surface area contributed by atoms with Gasteiger partial charge in [0.1, 0.15) is 6.04 Å². The lowest BCUT2D eigenvalue weighted by molar-refractivity contribution is -0.149. The van der Waals surface area contributed by atoms with Gasteiger partial charge in [-0.1, -0.05) is 6.42 Å². The second kappa shape index (κ2) is 4.56. The molecule has 0 rings (SSSR count). The molecule has 0 saturated heterocycles. The molecule has 2 nitrogen and oxygen atoms in total. The highest BCUT2D eigenvalue weighted by molar-refractivity contribution is 4.69. The fourth-order valence-electron chi connectivity index (χ4n) is 0.672. The van der Waals surface area contributed by atoms with E-state index in [1.165, 1.54) is 0 Å². The fourth-order valence-corrected chi connectivity index (χ4v) is 0.672. The summed E-state index contributed by atoms with van der Waals surface area (Å²) in [6, 6.07) is -1.69. The van der Waals surface area contributed by atoms with Crippen LogP contribution in [-0.4, -0.2) is 18.8 Å². The molecule has 0 aliphatic rings. The van der Waals surface area contributed by atoms with E-state index in [4.69, 9.17) is 11.5 Å². The molecule has 0 bridgehead atoms. The quantitative estimate of drug-likeness (QED) is 0.618. The van der Waals surface area contributed by atoms with Gasteiger partial charge in [-0.2, -0.15) is 13.2 Å². The Balaban J connectivity index is 3.44. The molecule has 0 heterocycles. The molecule has 0 aromatic heterocycles. The van der Waals surface area contributed by atoms with Crippen molar-refractivity contribution in [2.45, 2.75) is 31.5 Å². The zero-order chi connectivity index (χ0) is 8.91. The molecular formula is C6H13F3N2. The molecule has 0 aliphatic carbocycles. The molecule has 11 heavy (non-hydrogen) atoms. The van der Waals surface area contributed by atoms with Crippen LogP contribution in [0.15, 0.2) is 0 Å². The van der Waals surface area contributed by atoms with Crippen LogP contribution in [0.25, 0.3) is 0 Å². The maximum absolute atomic E-state index is 11.7. The normalized spacial score (nSPS) is 15.0. The van der Waals surface area contributed by atoms with Crippen LogP contribution in [-0.2, 0) is 0 Å². The molecule has 0 saturated carbocycles. The first-order chi connectivity index (χ1) is 4.98. The van der Waals surface area contributed by atoms with Crippen molar-refractivity contribution in [3.63, 3.8) is 0 Å². The summed E-state index contributed by atoms with van der Waals surface area (Å²) in [5.41, 5.74) is 9.93. The van der Waals surface area contributed by atoms with Gasteiger partial charge < -0.3 is 11.5 Å². The van der Waals surface area contributed by atoms with Crippen molar-refractivity contribution < 1.29 is 13.2 Å². The molecule has 68 valence electrons. The minimum absolute atomic E-state index is 0.0271. The van der Waals surface area contributed by atoms with E-state index < -0.39 is 12.2 Å². The number of alkyl halides is 3. The first-order valence-corrected chi connectivity index (χ1v) is 3.51. The Hall–Kier alpha value is -0.290. The van der Waals surface area contributed by atoms with Gasteiger partial charge in [-0.3, -0.25) is 0 Å². The number of unbranched alkanes of at least 4 members (excludes halogenated alkanes) is 1. The Morgan fingerprint density at radius 3 is 2.09 bits per heavy atom. The molecule has 0 spiro atoms. The van der Waals surface area contributed by atoms with Gasteiger partial charge in [0.25, 0.3) is 0 Å². The SMILES string of the molecule is NCCCC[C@H](N)C(F)(F)F. The Labute approximate surface area is 63.7 Å². The molecule has 0 aliphatic heterocycles. The Morgan fingerprint density at radius 1 is 1.18 bits per heavy atom. The molecule has 1 atom stereocenters. The van der Waals surface area contributed by atoms with Gasteiger partial charge in [0.05, 0.1) is 0 Å². The number of halogens is 3. The van der Waals surface area contributed by atoms with E-state index >= 15 is 0 Å². The highest BCUT2D eigenvalue weighted by atomic mass is 19.4. The van der Waals surface area contributed by atoms with E-state index in [1.54, 1.807) is 0 Å². The van der Waals surface area contributed by atoms with Crippen LogP contribution in [0, 0.1) is 0 Å². The van der Waals surface area contributed by atoms with Gasteiger partial charge in [-0.25, -0.2) is 0 Å². The second-order valence-corrected chi connectivity index (χ2v) is 2.43. The summed E-state index contributed by atoms with van der Waals surface area (Å²) in [4.78, 5) is 0. The van der Waals surface area contributed by atoms with Crippen molar-refractivity contribution in [3.8, 4) is 0 Å². The van der Waals surface area contributed by atoms with Gasteiger partial charge in [-0.05, 0) is 19.4 Å². The van der Waals surface area contributed by atoms with Gasteiger partial charge in [0.2, 0.25) is 0 Å². The highest BCUT2D eigenvalue weighted by Gasteiger charge is 2.35. The monoisotopic (exact) mass is 170 g/mol. The molecule has 4 N–H and O–H groups in total. The van der Waals surface area contributed by atoms with Gasteiger partial charge in [0, 0.05) is 0 Å². The summed E-state index contributed by atoms with van der Waals surface area (Å²) in [6.07, 6.45) is -3.24. The van der Waals surface area contributed by atoms with Crippen LogP contribution in [0.1, 0.15) is 19.3 Å². The van der Waals surface area contributed by atoms with E-state index in [0.29, 0.717) is 19.4 Å². The summed E-state index contributed by atoms with van der Waals surface area (Å²) < 4.78 is 35.2. The van der Waals surface area contributed by atoms with Gasteiger partial charge in [-0.15, -0.1) is 0 Å². The number of hydrogen-bond donors (Lipinski definition) is 2. The molecule has 0 fully saturated rings. The van der Waals surface area contributed by atoms with E-state index in [-0.39, 0.29) is 6.42 Å². The first kappa shape index (κ1) is 10.7. The van der Waals surface area contributed by atoms with E-state index in [0.717, 1.165) is 0 Å². The predicted octanol–water partition coefficient (Wildman–Crippen LogP) is 1.01. The Kier molecular flexibility index (Phi) is 4.44. The van der Waals surface area contributed by atoms with Crippen LogP contribution in [0.3, 0.4) is 0 Å². The van der Waals surface area contributed by atoms with Crippen molar-refractivity contribution in [2.75, 3.05) is 6.54 Å². The third-order valence-corrected chi connectivity index (χ3v) is 1.39. The van der Waals surface area contributed by atoms with Crippen molar-refractivity contribution in [1.82, 2.24) is 0 Å². The average molecular weight is 170 g/mol. The van der Waals surface area contributed by atoms with Gasteiger partial charge in [0.15, 0.2) is 0 Å². The fraction of sp³-hybridized carbons (Fsp3) is 1.00. The van der Waals surface area contributed by atoms with E-state index in [2.05, 4.69) is 0 Å². The third-order valence-electron chi connectivity index (χ3n) is 1.39. The van der Waals surface area contributed by atoms with E-state index in [1.807, 2.05) is 0 Å². The lowest BCUT2D eigenvalue weighted by atomic mass is 10.1. The summed E-state index contributed by atoms with van der Waals surface area (Å²) in [6.45, 7) is 0.421. The molecule has 0 radical (unpaired) electrons. The van der Waals surface area contributed by atoms with Crippen molar-refractivity contribution in [3.05, 3.63) is 0 Å². The first-order valence-electron chi connectivity index (χ1n) is 3.51. The largest absolute Gasteiger partial charge is 0.403 e. The summed E-state index contributed by atoms with van der Waals surface area (Å²) in [7, 11) is 0. The standard InChI is InChI=1S/C6H13F3N2/c7-6(8,9)5(11)3-1-2-4-10/h5H,1-4,10-11H2/t5-/m0/s1. The zero-order valence-corrected chi connectivity index (χ0v) is 6.19. The van der Waals surface area contributed by atoms with Crippen molar-refractivity contribution in [1.29, 1.82) is 0 Å². The highest BCUT2D eigenvalue weighted by Crippen LogP contribution is 2.21. The summed E-state index contributed by atoms with van der Waals surface area (Å²) >= 11 is 0. The predicted molar refractivity (Wildman–Crippen MR) is 36.9 cm³/mol. The lowest BCUT2D eigenvalue weighted by Crippen LogP contribution is -2.37. The summed E-state index contributed by atoms with van der Waals surface area (Å²) in [5.74, 6) is 0. The second-order valence-electron chi connectivity index (χ2n) is 2.43. The van der Waals surface area contributed by atoms with Crippen molar-refractivity contribution in [2.24, 2.45) is 11.5 Å². The van der Waals surface area contributed by atoms with Crippen LogP contribution in [0.2, 0.25) is 0 Å². The molecule has 5 heteroatoms. The van der Waals surface area contributed by atoms with Crippen LogP contribution < -0.4 is 11.5 Å². The number of rotatable bonds is 4. The van der Waals surface area contributed by atoms with Crippen LogP contribution in [0.4, 0.5) is 13.2 Å². The molecule has 0 aromatic rings. The number of hydrogen-bond acceptors (Lipinski definition) is 2. The van der Waals surface area contributed by atoms with Crippen LogP contribution >= 0.6 is 0 Å². The number of nitrogens with two attached hydrogens (primary N) is 2. The maximum atomic E-state index is 11.7. The summed E-state index contributed by atoms with van der Waals surface area (Å²) in [5, 5.41) is 0. The lowest BCUT2D eigenvalue weighted by Gasteiger charge is -2.14. The third kappa shape index (κ3) is 5.03. The smallest absolute Gasteiger partial charge is 0.330 e. The minimum Gasteiger partial charge on any atom is -0.330 e. The topological polar surface area (TPSA) is 52.0 Å². The minimum atomic E-state index is -4.26. The molecular weight excluding hydrogens is 157 g/mol.